The normalized spacial score (nSPS) is 29.5. The lowest BCUT2D eigenvalue weighted by Crippen LogP contribution is -2.31. The zero-order chi connectivity index (χ0) is 20.1. The van der Waals surface area contributed by atoms with Gasteiger partial charge in [0.2, 0.25) is 0 Å². The van der Waals surface area contributed by atoms with Gasteiger partial charge in [0.15, 0.2) is 5.78 Å². The molecule has 1 saturated carbocycles. The fraction of sp³-hybridized carbons (Fsp3) is 0.762. The average Bonchev–Trinajstić information content (AvgIpc) is 3.11. The van der Waals surface area contributed by atoms with E-state index in [0.29, 0.717) is 17.5 Å². The predicted octanol–water partition coefficient (Wildman–Crippen LogP) is 4.41. The average molecular weight is 432 g/mol. The van der Waals surface area contributed by atoms with Crippen LogP contribution in [-0.2, 0) is 9.53 Å². The summed E-state index contributed by atoms with van der Waals surface area (Å²) >= 11 is 3.54. The number of alkyl halides is 1. The van der Waals surface area contributed by atoms with Crippen LogP contribution in [0.3, 0.4) is 0 Å². The molecule has 26 heavy (non-hydrogen) atoms. The Bertz CT molecular complexity index is 462. The van der Waals surface area contributed by atoms with Crippen LogP contribution >= 0.6 is 15.9 Å². The molecule has 3 unspecified atom stereocenters. The van der Waals surface area contributed by atoms with Crippen molar-refractivity contribution in [1.29, 1.82) is 0 Å². The second kappa shape index (κ2) is 14.6. The first-order valence-corrected chi connectivity index (χ1v) is 10.9. The lowest BCUT2D eigenvalue weighted by Gasteiger charge is -2.27. The van der Waals surface area contributed by atoms with Crippen LogP contribution in [0, 0.1) is 5.92 Å². The highest BCUT2D eigenvalue weighted by Crippen LogP contribution is 2.33. The second-order valence-electron chi connectivity index (χ2n) is 6.32. The summed E-state index contributed by atoms with van der Waals surface area (Å²) in [7, 11) is 1.61. The number of nitrogens with one attached hydrogen (secondary N) is 1. The van der Waals surface area contributed by atoms with Gasteiger partial charge in [-0.3, -0.25) is 4.79 Å². The maximum atomic E-state index is 11.8. The first-order valence-electron chi connectivity index (χ1n) is 10.0. The van der Waals surface area contributed by atoms with Crippen LogP contribution in [0.4, 0.5) is 0 Å². The van der Waals surface area contributed by atoms with Crippen molar-refractivity contribution < 1.29 is 14.6 Å². The van der Waals surface area contributed by atoms with Gasteiger partial charge in [-0.25, -0.2) is 0 Å². The molecular weight excluding hydrogens is 394 g/mol. The number of ketones is 1. The Kier molecular flexibility index (Phi) is 14.3. The summed E-state index contributed by atoms with van der Waals surface area (Å²) in [6.07, 6.45) is 7.78. The van der Waals surface area contributed by atoms with E-state index in [9.17, 15) is 4.79 Å². The van der Waals surface area contributed by atoms with Crippen molar-refractivity contribution in [3.63, 3.8) is 0 Å². The summed E-state index contributed by atoms with van der Waals surface area (Å²) in [5.74, 6) is 0.913. The van der Waals surface area contributed by atoms with E-state index in [1.54, 1.807) is 7.11 Å². The number of aliphatic hydroxyl groups is 1. The van der Waals surface area contributed by atoms with Crippen LogP contribution in [0.25, 0.3) is 0 Å². The SMILES string of the molecule is CC.CC.CC1CN[C@H](CO)C1.COC1CCC2=CC(Br)CC=C2C1=O. The fourth-order valence-electron chi connectivity index (χ4n) is 3.19. The lowest BCUT2D eigenvalue weighted by atomic mass is 9.83. The third kappa shape index (κ3) is 8.03. The van der Waals surface area contributed by atoms with E-state index < -0.39 is 0 Å². The highest BCUT2D eigenvalue weighted by atomic mass is 79.9. The quantitative estimate of drug-likeness (QED) is 0.635. The molecule has 4 nitrogen and oxygen atoms in total. The van der Waals surface area contributed by atoms with Crippen LogP contribution in [0.15, 0.2) is 23.3 Å². The molecule has 5 heteroatoms. The highest BCUT2D eigenvalue weighted by molar-refractivity contribution is 9.09. The maximum Gasteiger partial charge on any atom is 0.191 e. The van der Waals surface area contributed by atoms with Gasteiger partial charge in [-0.1, -0.05) is 62.7 Å². The van der Waals surface area contributed by atoms with Crippen molar-refractivity contribution in [2.45, 2.75) is 77.3 Å². The molecule has 2 fully saturated rings. The Hall–Kier alpha value is -0.490. The van der Waals surface area contributed by atoms with Crippen molar-refractivity contribution in [1.82, 2.24) is 5.32 Å². The molecule has 0 aromatic carbocycles. The summed E-state index contributed by atoms with van der Waals surface area (Å²) in [4.78, 5) is 12.2. The fourth-order valence-corrected chi connectivity index (χ4v) is 3.70. The van der Waals surface area contributed by atoms with Crippen molar-refractivity contribution >= 4 is 21.7 Å². The number of rotatable bonds is 2. The van der Waals surface area contributed by atoms with Gasteiger partial charge < -0.3 is 15.2 Å². The van der Waals surface area contributed by atoms with Crippen LogP contribution < -0.4 is 5.32 Å². The minimum Gasteiger partial charge on any atom is -0.395 e. The second-order valence-corrected chi connectivity index (χ2v) is 7.49. The minimum absolute atomic E-state index is 0.157. The molecule has 3 rings (SSSR count). The Morgan fingerprint density at radius 3 is 2.42 bits per heavy atom. The molecule has 152 valence electrons. The van der Waals surface area contributed by atoms with Gasteiger partial charge in [-0.05, 0) is 43.7 Å². The van der Waals surface area contributed by atoms with Crippen molar-refractivity contribution in [2.75, 3.05) is 20.3 Å². The number of aliphatic hydroxyl groups excluding tert-OH is 1. The van der Waals surface area contributed by atoms with Gasteiger partial charge in [0.1, 0.15) is 6.10 Å². The number of methoxy groups -OCH3 is 1. The van der Waals surface area contributed by atoms with E-state index >= 15 is 0 Å². The third-order valence-corrected chi connectivity index (χ3v) is 5.09. The van der Waals surface area contributed by atoms with Crippen molar-refractivity contribution in [3.05, 3.63) is 23.3 Å². The molecule has 0 bridgehead atoms. The molecule has 0 spiro atoms. The molecule has 1 saturated heterocycles. The molecule has 2 aliphatic carbocycles. The zero-order valence-corrected chi connectivity index (χ0v) is 18.9. The van der Waals surface area contributed by atoms with Gasteiger partial charge in [0.05, 0.1) is 6.61 Å². The zero-order valence-electron chi connectivity index (χ0n) is 17.3. The largest absolute Gasteiger partial charge is 0.395 e. The molecule has 1 heterocycles. The Morgan fingerprint density at radius 2 is 1.96 bits per heavy atom. The smallest absolute Gasteiger partial charge is 0.191 e. The molecule has 1 aliphatic heterocycles. The van der Waals surface area contributed by atoms with E-state index in [-0.39, 0.29) is 11.9 Å². The number of Topliss-reactive ketones (excluding diaryl/α,β-unsaturated/α-hetero) is 1. The van der Waals surface area contributed by atoms with Crippen LogP contribution in [0.5, 0.6) is 0 Å². The van der Waals surface area contributed by atoms with Crippen LogP contribution in [0.2, 0.25) is 0 Å². The van der Waals surface area contributed by atoms with Gasteiger partial charge in [-0.15, -0.1) is 0 Å². The summed E-state index contributed by atoms with van der Waals surface area (Å²) in [5.41, 5.74) is 2.08. The number of carbonyl (C=O) groups is 1. The predicted molar refractivity (Wildman–Crippen MR) is 114 cm³/mol. The molecular formula is C21H38BrNO3. The topological polar surface area (TPSA) is 58.6 Å². The van der Waals surface area contributed by atoms with E-state index in [2.05, 4.69) is 34.2 Å². The van der Waals surface area contributed by atoms with E-state index in [4.69, 9.17) is 9.84 Å². The van der Waals surface area contributed by atoms with E-state index in [0.717, 1.165) is 43.7 Å². The van der Waals surface area contributed by atoms with Gasteiger partial charge in [-0.2, -0.15) is 0 Å². The van der Waals surface area contributed by atoms with Crippen LogP contribution in [-0.4, -0.2) is 48.1 Å². The molecule has 4 atom stereocenters. The number of carbonyl (C=O) groups excluding carboxylic acids is 1. The molecule has 0 amide bonds. The number of ether oxygens (including phenoxy) is 1. The number of halogens is 1. The summed E-state index contributed by atoms with van der Waals surface area (Å²) in [6.45, 7) is 11.6. The number of fused-ring (bicyclic) bond motifs is 1. The number of hydrogen-bond acceptors (Lipinski definition) is 4. The molecule has 0 aromatic heterocycles. The summed E-state index contributed by atoms with van der Waals surface area (Å²) in [5, 5.41) is 11.8. The molecule has 2 N–H and O–H groups in total. The molecule has 3 aliphatic rings. The Balaban J connectivity index is 0.000000444. The Labute approximate surface area is 168 Å². The van der Waals surface area contributed by atoms with Gasteiger partial charge in [0, 0.05) is 23.6 Å². The highest BCUT2D eigenvalue weighted by Gasteiger charge is 2.31. The first-order chi connectivity index (χ1) is 12.5. The summed E-state index contributed by atoms with van der Waals surface area (Å²) in [6, 6.07) is 0.380. The Morgan fingerprint density at radius 1 is 1.31 bits per heavy atom. The lowest BCUT2D eigenvalue weighted by molar-refractivity contribution is -0.125. The van der Waals surface area contributed by atoms with Crippen LogP contribution in [0.1, 0.15) is 60.3 Å². The maximum absolute atomic E-state index is 11.8. The third-order valence-electron chi connectivity index (χ3n) is 4.46. The van der Waals surface area contributed by atoms with E-state index in [1.165, 1.54) is 5.57 Å². The summed E-state index contributed by atoms with van der Waals surface area (Å²) < 4.78 is 5.15. The standard InChI is InChI=1S/C11H13BrO2.C6H13NO.2C2H6/c1-14-10-5-2-7-6-8(12)3-4-9(7)11(10)13;1-5-2-6(4-8)7-3-5;2*1-2/h4,6,8,10H,2-3,5H2,1H3;5-8H,2-4H2,1H3;2*1-2H3/t;5?,6-;;/m.0../s1. The van der Waals surface area contributed by atoms with E-state index in [1.807, 2.05) is 33.8 Å². The molecule has 0 aromatic rings. The minimum atomic E-state index is -0.217. The monoisotopic (exact) mass is 431 g/mol. The number of allylic oxidation sites excluding steroid dienone is 3. The molecule has 0 radical (unpaired) electrons. The van der Waals surface area contributed by atoms with Crippen molar-refractivity contribution in [3.8, 4) is 0 Å². The number of hydrogen-bond donors (Lipinski definition) is 2. The van der Waals surface area contributed by atoms with Crippen molar-refractivity contribution in [2.24, 2.45) is 5.92 Å². The van der Waals surface area contributed by atoms with Gasteiger partial charge in [0.25, 0.3) is 0 Å². The first kappa shape index (κ1) is 25.5. The van der Waals surface area contributed by atoms with Gasteiger partial charge >= 0.3 is 0 Å².